The number of amides is 1. The summed E-state index contributed by atoms with van der Waals surface area (Å²) in [6.45, 7) is 0.945. The molecular formula is C20H24N2O5S. The van der Waals surface area contributed by atoms with E-state index in [4.69, 9.17) is 9.47 Å². The van der Waals surface area contributed by atoms with Crippen LogP contribution in [0.25, 0.3) is 0 Å². The van der Waals surface area contributed by atoms with E-state index in [1.54, 1.807) is 53.4 Å². The smallest absolute Gasteiger partial charge is 0.254 e. The summed E-state index contributed by atoms with van der Waals surface area (Å²) in [6.07, 6.45) is 1.11. The van der Waals surface area contributed by atoms with Gasteiger partial charge in [-0.3, -0.25) is 4.79 Å². The number of nitrogens with zero attached hydrogens (tertiary/aromatic N) is 1. The molecule has 3 rings (SSSR count). The van der Waals surface area contributed by atoms with Crippen LogP contribution in [0.2, 0.25) is 0 Å². The van der Waals surface area contributed by atoms with Crippen molar-refractivity contribution >= 4 is 15.9 Å². The van der Waals surface area contributed by atoms with Gasteiger partial charge in [0.1, 0.15) is 11.5 Å². The van der Waals surface area contributed by atoms with Crippen LogP contribution < -0.4 is 14.2 Å². The Morgan fingerprint density at radius 1 is 1.00 bits per heavy atom. The monoisotopic (exact) mass is 404 g/mol. The Morgan fingerprint density at radius 2 is 1.57 bits per heavy atom. The molecule has 1 aliphatic rings. The molecule has 1 aliphatic heterocycles. The first-order chi connectivity index (χ1) is 13.4. The van der Waals surface area contributed by atoms with Crippen LogP contribution in [0.15, 0.2) is 53.4 Å². The van der Waals surface area contributed by atoms with Crippen LogP contribution in [0, 0.1) is 0 Å². The zero-order chi connectivity index (χ0) is 20.1. The molecule has 28 heavy (non-hydrogen) atoms. The number of carbonyl (C=O) groups is 1. The number of hydrogen-bond donors (Lipinski definition) is 1. The summed E-state index contributed by atoms with van der Waals surface area (Å²) in [5.74, 6) is 0.975. The molecule has 0 aliphatic carbocycles. The lowest BCUT2D eigenvalue weighted by molar-refractivity contribution is 0.0710. The summed E-state index contributed by atoms with van der Waals surface area (Å²) in [5, 5.41) is 0. The zero-order valence-electron chi connectivity index (χ0n) is 15.9. The van der Waals surface area contributed by atoms with Crippen molar-refractivity contribution in [3.05, 3.63) is 54.1 Å². The number of rotatable bonds is 6. The van der Waals surface area contributed by atoms with Gasteiger partial charge in [0, 0.05) is 30.8 Å². The molecule has 1 saturated heterocycles. The van der Waals surface area contributed by atoms with Gasteiger partial charge in [0.15, 0.2) is 0 Å². The van der Waals surface area contributed by atoms with E-state index in [0.717, 1.165) is 0 Å². The molecule has 1 heterocycles. The van der Waals surface area contributed by atoms with Gasteiger partial charge in [0.25, 0.3) is 5.91 Å². The molecule has 2 aromatic carbocycles. The van der Waals surface area contributed by atoms with E-state index < -0.39 is 10.0 Å². The Hall–Kier alpha value is -2.58. The largest absolute Gasteiger partial charge is 0.497 e. The Balaban J connectivity index is 1.63. The third-order valence-corrected chi connectivity index (χ3v) is 6.29. The van der Waals surface area contributed by atoms with E-state index in [9.17, 15) is 13.2 Å². The number of hydrogen-bond acceptors (Lipinski definition) is 5. The lowest BCUT2D eigenvalue weighted by atomic mass is 10.0. The summed E-state index contributed by atoms with van der Waals surface area (Å²) in [7, 11) is -0.484. The molecule has 1 amide bonds. The number of methoxy groups -OCH3 is 2. The predicted octanol–water partition coefficient (Wildman–Crippen LogP) is 2.29. The van der Waals surface area contributed by atoms with Gasteiger partial charge in [0.05, 0.1) is 19.1 Å². The van der Waals surface area contributed by atoms with Crippen molar-refractivity contribution in [2.75, 3.05) is 27.3 Å². The Kier molecular flexibility index (Phi) is 6.21. The summed E-state index contributed by atoms with van der Waals surface area (Å²) in [4.78, 5) is 14.8. The lowest BCUT2D eigenvalue weighted by Gasteiger charge is -2.32. The second-order valence-electron chi connectivity index (χ2n) is 6.60. The summed E-state index contributed by atoms with van der Waals surface area (Å²) >= 11 is 0. The molecule has 0 spiro atoms. The topological polar surface area (TPSA) is 84.9 Å². The number of nitrogens with one attached hydrogen (secondary N) is 1. The second kappa shape index (κ2) is 8.62. The highest BCUT2D eigenvalue weighted by molar-refractivity contribution is 7.89. The first-order valence-corrected chi connectivity index (χ1v) is 10.5. The van der Waals surface area contributed by atoms with Gasteiger partial charge in [-0.05, 0) is 37.1 Å². The fourth-order valence-electron chi connectivity index (χ4n) is 3.20. The Morgan fingerprint density at radius 3 is 2.11 bits per heavy atom. The molecule has 0 aromatic heterocycles. The van der Waals surface area contributed by atoms with Crippen molar-refractivity contribution in [1.82, 2.24) is 9.62 Å². The maximum absolute atomic E-state index is 12.8. The standard InChI is InChI=1S/C20H24N2O5S/c1-26-17-12-15(13-18(14-17)27-2)20(23)22-10-8-16(9-11-22)21-28(24,25)19-6-4-3-5-7-19/h3-7,12-14,16,21H,8-11H2,1-2H3. The summed E-state index contributed by atoms with van der Waals surface area (Å²) in [5.41, 5.74) is 0.486. The van der Waals surface area contributed by atoms with Gasteiger partial charge >= 0.3 is 0 Å². The number of piperidine rings is 1. The molecule has 8 heteroatoms. The third-order valence-electron chi connectivity index (χ3n) is 4.76. The average Bonchev–Trinajstić information content (AvgIpc) is 2.73. The highest BCUT2D eigenvalue weighted by Crippen LogP contribution is 2.24. The van der Waals surface area contributed by atoms with Gasteiger partial charge in [0.2, 0.25) is 10.0 Å². The third kappa shape index (κ3) is 4.63. The fourth-order valence-corrected chi connectivity index (χ4v) is 4.53. The molecule has 2 aromatic rings. The molecule has 0 atom stereocenters. The van der Waals surface area contributed by atoms with E-state index in [-0.39, 0.29) is 16.8 Å². The molecule has 0 radical (unpaired) electrons. The van der Waals surface area contributed by atoms with Gasteiger partial charge in [-0.25, -0.2) is 13.1 Å². The van der Waals surface area contributed by atoms with Crippen LogP contribution in [0.1, 0.15) is 23.2 Å². The number of ether oxygens (including phenoxy) is 2. The van der Waals surface area contributed by atoms with Crippen molar-refractivity contribution < 1.29 is 22.7 Å². The van der Waals surface area contributed by atoms with Crippen LogP contribution in [0.4, 0.5) is 0 Å². The molecule has 0 bridgehead atoms. The molecule has 0 saturated carbocycles. The van der Waals surface area contributed by atoms with Crippen molar-refractivity contribution in [2.45, 2.75) is 23.8 Å². The number of benzene rings is 2. The molecule has 1 N–H and O–H groups in total. The van der Waals surface area contributed by atoms with Crippen LogP contribution in [0.3, 0.4) is 0 Å². The fraction of sp³-hybridized carbons (Fsp3) is 0.350. The predicted molar refractivity (Wildman–Crippen MR) is 105 cm³/mol. The first-order valence-electron chi connectivity index (χ1n) is 9.02. The minimum absolute atomic E-state index is 0.124. The van der Waals surface area contributed by atoms with E-state index in [0.29, 0.717) is 43.0 Å². The van der Waals surface area contributed by atoms with Crippen molar-refractivity contribution in [3.63, 3.8) is 0 Å². The molecule has 1 fully saturated rings. The van der Waals surface area contributed by atoms with E-state index in [2.05, 4.69) is 4.72 Å². The van der Waals surface area contributed by atoms with Crippen molar-refractivity contribution in [1.29, 1.82) is 0 Å². The van der Waals surface area contributed by atoms with Crippen LogP contribution in [-0.4, -0.2) is 52.6 Å². The van der Waals surface area contributed by atoms with Crippen molar-refractivity contribution in [3.8, 4) is 11.5 Å². The number of carbonyl (C=O) groups excluding carboxylic acids is 1. The van der Waals surface area contributed by atoms with Gasteiger partial charge in [-0.2, -0.15) is 0 Å². The SMILES string of the molecule is COc1cc(OC)cc(C(=O)N2CCC(NS(=O)(=O)c3ccccc3)CC2)c1. The van der Waals surface area contributed by atoms with Crippen LogP contribution in [0.5, 0.6) is 11.5 Å². The molecule has 0 unspecified atom stereocenters. The molecule has 7 nitrogen and oxygen atoms in total. The Bertz CT molecular complexity index is 901. The highest BCUT2D eigenvalue weighted by Gasteiger charge is 2.27. The van der Waals surface area contributed by atoms with Crippen LogP contribution in [-0.2, 0) is 10.0 Å². The van der Waals surface area contributed by atoms with Gasteiger partial charge in [-0.15, -0.1) is 0 Å². The van der Waals surface area contributed by atoms with Gasteiger partial charge < -0.3 is 14.4 Å². The number of likely N-dealkylation sites (tertiary alicyclic amines) is 1. The minimum atomic E-state index is -3.55. The Labute approximate surface area is 165 Å². The minimum Gasteiger partial charge on any atom is -0.497 e. The normalized spacial score (nSPS) is 15.3. The molecular weight excluding hydrogens is 380 g/mol. The lowest BCUT2D eigenvalue weighted by Crippen LogP contribution is -2.46. The van der Waals surface area contributed by atoms with Crippen molar-refractivity contribution in [2.24, 2.45) is 0 Å². The zero-order valence-corrected chi connectivity index (χ0v) is 16.7. The average molecular weight is 404 g/mol. The maximum atomic E-state index is 12.8. The number of sulfonamides is 1. The molecule has 150 valence electrons. The van der Waals surface area contributed by atoms with Crippen LogP contribution >= 0.6 is 0 Å². The van der Waals surface area contributed by atoms with E-state index in [1.165, 1.54) is 14.2 Å². The first kappa shape index (κ1) is 20.2. The van der Waals surface area contributed by atoms with Gasteiger partial charge in [-0.1, -0.05) is 18.2 Å². The summed E-state index contributed by atoms with van der Waals surface area (Å²) < 4.78 is 38.1. The van der Waals surface area contributed by atoms with E-state index in [1.807, 2.05) is 0 Å². The highest BCUT2D eigenvalue weighted by atomic mass is 32.2. The summed E-state index contributed by atoms with van der Waals surface area (Å²) in [6, 6.07) is 13.2. The second-order valence-corrected chi connectivity index (χ2v) is 8.32. The van der Waals surface area contributed by atoms with E-state index >= 15 is 0 Å². The quantitative estimate of drug-likeness (QED) is 0.799. The maximum Gasteiger partial charge on any atom is 0.254 e.